The van der Waals surface area contributed by atoms with Gasteiger partial charge in [-0.25, -0.2) is 4.90 Å². The Kier molecular flexibility index (Phi) is 4.54. The Hall–Kier alpha value is -4.40. The van der Waals surface area contributed by atoms with Gasteiger partial charge in [0.05, 0.1) is 11.3 Å². The lowest BCUT2D eigenvalue weighted by molar-refractivity contribution is 0.0990. The summed E-state index contributed by atoms with van der Waals surface area (Å²) in [6.07, 6.45) is 3.25. The summed E-state index contributed by atoms with van der Waals surface area (Å²) < 4.78 is 9.93. The van der Waals surface area contributed by atoms with E-state index in [0.717, 1.165) is 6.39 Å². The van der Waals surface area contributed by atoms with E-state index in [0.29, 0.717) is 28.8 Å². The van der Waals surface area contributed by atoms with Crippen molar-refractivity contribution in [1.82, 2.24) is 10.2 Å². The van der Waals surface area contributed by atoms with Crippen molar-refractivity contribution in [2.75, 3.05) is 4.90 Å². The maximum atomic E-state index is 12.5. The monoisotopic (exact) mass is 387 g/mol. The number of aromatic nitrogens is 2. The van der Waals surface area contributed by atoms with Crippen LogP contribution in [0.3, 0.4) is 0 Å². The number of hydrogen-bond acceptors (Lipinski definition) is 8. The van der Waals surface area contributed by atoms with Crippen LogP contribution < -0.4 is 4.90 Å². The Morgan fingerprint density at radius 3 is 2.24 bits per heavy atom. The van der Waals surface area contributed by atoms with Gasteiger partial charge < -0.3 is 9.15 Å². The third-order valence-corrected chi connectivity index (χ3v) is 4.28. The van der Waals surface area contributed by atoms with Crippen LogP contribution in [0.25, 0.3) is 6.08 Å². The van der Waals surface area contributed by atoms with Crippen molar-refractivity contribution in [3.8, 4) is 0 Å². The molecule has 0 radical (unpaired) electrons. The Labute approximate surface area is 164 Å². The molecular weight excluding hydrogens is 374 g/mol. The number of ketones is 2. The van der Waals surface area contributed by atoms with Gasteiger partial charge in [-0.2, -0.15) is 0 Å². The van der Waals surface area contributed by atoms with Gasteiger partial charge >= 0.3 is 12.0 Å². The minimum Gasteiger partial charge on any atom is -0.414 e. The van der Waals surface area contributed by atoms with Crippen molar-refractivity contribution in [2.24, 2.45) is 0 Å². The Morgan fingerprint density at radius 2 is 1.69 bits per heavy atom. The second kappa shape index (κ2) is 7.31. The molecule has 2 N–H and O–H groups in total. The minimum atomic E-state index is -0.410. The van der Waals surface area contributed by atoms with Gasteiger partial charge in [-0.15, -0.1) is 5.10 Å². The number of ether oxygens (including phenoxy) is 1. The fourth-order valence-electron chi connectivity index (χ4n) is 2.98. The molecule has 9 heteroatoms. The molecular formula is C20H13N5O4. The zero-order valence-electron chi connectivity index (χ0n) is 14.8. The van der Waals surface area contributed by atoms with Gasteiger partial charge in [0.25, 0.3) is 0 Å². The average Bonchev–Trinajstić information content (AvgIpc) is 3.34. The zero-order valence-corrected chi connectivity index (χ0v) is 14.8. The highest BCUT2D eigenvalue weighted by Crippen LogP contribution is 2.29. The van der Waals surface area contributed by atoms with E-state index < -0.39 is 6.02 Å². The summed E-state index contributed by atoms with van der Waals surface area (Å²) in [4.78, 5) is 26.2. The first-order valence-corrected chi connectivity index (χ1v) is 8.41. The summed E-state index contributed by atoms with van der Waals surface area (Å²) in [5.74, 6) is -0.605. The van der Waals surface area contributed by atoms with Gasteiger partial charge in [0.15, 0.2) is 18.0 Å². The molecule has 0 saturated carbocycles. The van der Waals surface area contributed by atoms with Crippen LogP contribution in [0.5, 0.6) is 0 Å². The largest absolute Gasteiger partial charge is 0.414 e. The third kappa shape index (κ3) is 3.21. The Bertz CT molecular complexity index is 1110. The molecule has 1 aliphatic carbocycles. The number of nitrogens with zero attached hydrogens (tertiary/aromatic N) is 3. The molecule has 0 unspecified atom stereocenters. The van der Waals surface area contributed by atoms with Crippen molar-refractivity contribution >= 4 is 41.8 Å². The summed E-state index contributed by atoms with van der Waals surface area (Å²) in [6.45, 7) is 0. The molecule has 9 nitrogen and oxygen atoms in total. The molecule has 142 valence electrons. The molecule has 1 aromatic heterocycles. The molecule has 2 aromatic carbocycles. The molecule has 3 aromatic rings. The van der Waals surface area contributed by atoms with Crippen LogP contribution in [-0.4, -0.2) is 34.2 Å². The number of hydrogen-bond donors (Lipinski definition) is 2. The number of carbonyl (C=O) groups is 2. The van der Waals surface area contributed by atoms with E-state index in [2.05, 4.69) is 10.2 Å². The predicted octanol–water partition coefficient (Wildman–Crippen LogP) is 3.23. The molecule has 0 atom stereocenters. The van der Waals surface area contributed by atoms with Gasteiger partial charge in [0, 0.05) is 11.1 Å². The second-order valence-electron chi connectivity index (χ2n) is 5.95. The van der Waals surface area contributed by atoms with Crippen molar-refractivity contribution in [2.45, 2.75) is 0 Å². The summed E-state index contributed by atoms with van der Waals surface area (Å²) in [6, 6.07) is 12.9. The molecule has 1 aliphatic rings. The van der Waals surface area contributed by atoms with E-state index in [9.17, 15) is 9.59 Å². The van der Waals surface area contributed by atoms with E-state index in [1.807, 2.05) is 0 Å². The maximum absolute atomic E-state index is 12.5. The number of rotatable bonds is 4. The SMILES string of the molecule is N=COC(=N)N(c1ccc(C=C2C(=O)c3ccccc3C2=O)cc1)c1nnco1. The molecule has 1 heterocycles. The van der Waals surface area contributed by atoms with Crippen molar-refractivity contribution < 1.29 is 18.7 Å². The van der Waals surface area contributed by atoms with Crippen LogP contribution in [0, 0.1) is 10.8 Å². The maximum Gasteiger partial charge on any atom is 0.331 e. The van der Waals surface area contributed by atoms with Gasteiger partial charge in [0.2, 0.25) is 6.39 Å². The fourth-order valence-corrected chi connectivity index (χ4v) is 2.98. The number of allylic oxidation sites excluding steroid dienone is 1. The number of nitrogens with one attached hydrogen (secondary N) is 2. The highest BCUT2D eigenvalue weighted by atomic mass is 16.5. The standard InChI is InChI=1S/C20H13N5O4/c21-10-28-19(22)25(20-24-23-11-29-20)13-7-5-12(6-8-13)9-16-17(26)14-3-1-2-4-15(14)18(16)27/h1-11,21-22H. The summed E-state index contributed by atoms with van der Waals surface area (Å²) in [5.41, 5.74) is 1.99. The Balaban J connectivity index is 1.65. The highest BCUT2D eigenvalue weighted by Gasteiger charge is 2.32. The molecule has 0 bridgehead atoms. The molecule has 0 saturated heterocycles. The summed E-state index contributed by atoms with van der Waals surface area (Å²) >= 11 is 0. The van der Waals surface area contributed by atoms with E-state index >= 15 is 0 Å². The first-order valence-electron chi connectivity index (χ1n) is 8.41. The lowest BCUT2D eigenvalue weighted by Crippen LogP contribution is -2.27. The van der Waals surface area contributed by atoms with E-state index in [1.165, 1.54) is 11.0 Å². The lowest BCUT2D eigenvalue weighted by atomic mass is 10.1. The molecule has 0 spiro atoms. The first kappa shape index (κ1) is 18.0. The van der Waals surface area contributed by atoms with E-state index in [4.69, 9.17) is 20.0 Å². The molecule has 0 fully saturated rings. The van der Waals surface area contributed by atoms with Gasteiger partial charge in [-0.05, 0) is 23.8 Å². The van der Waals surface area contributed by atoms with Gasteiger partial charge in [-0.3, -0.25) is 20.4 Å². The van der Waals surface area contributed by atoms with E-state index in [1.54, 1.807) is 48.5 Å². The molecule has 0 aliphatic heterocycles. The first-order chi connectivity index (χ1) is 14.1. The van der Waals surface area contributed by atoms with Crippen LogP contribution in [0.2, 0.25) is 0 Å². The molecule has 29 heavy (non-hydrogen) atoms. The van der Waals surface area contributed by atoms with Gasteiger partial charge in [0.1, 0.15) is 0 Å². The number of fused-ring (bicyclic) bond motifs is 1. The summed E-state index contributed by atoms with van der Waals surface area (Å²) in [7, 11) is 0. The number of amidine groups is 1. The quantitative estimate of drug-likeness (QED) is 0.304. The normalized spacial score (nSPS) is 12.5. The van der Waals surface area contributed by atoms with Crippen molar-refractivity contribution in [3.05, 3.63) is 77.2 Å². The number of Topliss-reactive ketones (excluding diaryl/α,β-unsaturated/α-hetero) is 2. The zero-order chi connectivity index (χ0) is 20.4. The van der Waals surface area contributed by atoms with Crippen LogP contribution in [0.4, 0.5) is 11.7 Å². The fraction of sp³-hybridized carbons (Fsp3) is 0. The van der Waals surface area contributed by atoms with Crippen LogP contribution in [-0.2, 0) is 4.74 Å². The Morgan fingerprint density at radius 1 is 1.03 bits per heavy atom. The molecule has 0 amide bonds. The lowest BCUT2D eigenvalue weighted by Gasteiger charge is -2.18. The molecule has 4 rings (SSSR count). The second-order valence-corrected chi connectivity index (χ2v) is 5.95. The van der Waals surface area contributed by atoms with Crippen LogP contribution in [0.15, 0.2) is 64.9 Å². The van der Waals surface area contributed by atoms with Crippen LogP contribution >= 0.6 is 0 Å². The van der Waals surface area contributed by atoms with Crippen molar-refractivity contribution in [1.29, 1.82) is 10.8 Å². The average molecular weight is 387 g/mol. The topological polar surface area (TPSA) is 133 Å². The number of anilines is 2. The van der Waals surface area contributed by atoms with E-state index in [-0.39, 0.29) is 23.2 Å². The predicted molar refractivity (Wildman–Crippen MR) is 104 cm³/mol. The van der Waals surface area contributed by atoms with Crippen molar-refractivity contribution in [3.63, 3.8) is 0 Å². The highest BCUT2D eigenvalue weighted by molar-refractivity contribution is 6.41. The number of carbonyl (C=O) groups excluding carboxylic acids is 2. The number of benzene rings is 2. The van der Waals surface area contributed by atoms with Gasteiger partial charge in [-0.1, -0.05) is 41.5 Å². The third-order valence-electron chi connectivity index (χ3n) is 4.28. The smallest absolute Gasteiger partial charge is 0.331 e. The summed E-state index contributed by atoms with van der Waals surface area (Å²) in [5, 5.41) is 22.3. The van der Waals surface area contributed by atoms with Crippen LogP contribution in [0.1, 0.15) is 26.3 Å². The minimum absolute atomic E-state index is 0.0143.